The minimum absolute atomic E-state index is 0.389. The highest BCUT2D eigenvalue weighted by atomic mass is 32.2. The molecular weight excluding hydrogens is 448 g/mol. The summed E-state index contributed by atoms with van der Waals surface area (Å²) in [5.41, 5.74) is 2.11. The molecule has 0 spiro atoms. The van der Waals surface area contributed by atoms with Crippen molar-refractivity contribution in [2.45, 2.75) is 36.5 Å². The number of nitrogens with zero attached hydrogens (tertiary/aromatic N) is 4. The smallest absolute Gasteiger partial charge is 0.248 e. The highest BCUT2D eigenvalue weighted by molar-refractivity contribution is 7.98. The van der Waals surface area contributed by atoms with Crippen LogP contribution in [0.15, 0.2) is 27.9 Å². The number of hydrogen-bond acceptors (Lipinski definition) is 10. The van der Waals surface area contributed by atoms with E-state index in [-0.39, 0.29) is 0 Å². The van der Waals surface area contributed by atoms with Crippen LogP contribution >= 0.6 is 23.1 Å². The number of methoxy groups -OCH3 is 3. The average Bonchev–Trinajstić information content (AvgIpc) is 3.46. The van der Waals surface area contributed by atoms with E-state index in [1.165, 1.54) is 28.7 Å². The van der Waals surface area contributed by atoms with Crippen molar-refractivity contribution < 1.29 is 18.6 Å². The van der Waals surface area contributed by atoms with Crippen molar-refractivity contribution in [1.29, 1.82) is 0 Å². The number of fused-ring (bicyclic) bond motifs is 3. The zero-order valence-corrected chi connectivity index (χ0v) is 19.6. The van der Waals surface area contributed by atoms with Crippen molar-refractivity contribution >= 4 is 33.3 Å². The third kappa shape index (κ3) is 3.77. The minimum Gasteiger partial charge on any atom is -0.493 e. The van der Waals surface area contributed by atoms with Gasteiger partial charge in [0.1, 0.15) is 16.2 Å². The van der Waals surface area contributed by atoms with Gasteiger partial charge in [-0.3, -0.25) is 0 Å². The molecular formula is C22H22N4O4S2. The number of ether oxygens (including phenoxy) is 3. The van der Waals surface area contributed by atoms with Gasteiger partial charge in [0, 0.05) is 15.8 Å². The van der Waals surface area contributed by atoms with Gasteiger partial charge in [-0.2, -0.15) is 0 Å². The third-order valence-electron chi connectivity index (χ3n) is 5.43. The van der Waals surface area contributed by atoms with Crippen LogP contribution in [0.1, 0.15) is 29.2 Å². The summed E-state index contributed by atoms with van der Waals surface area (Å²) in [5, 5.41) is 10.6. The molecule has 0 saturated heterocycles. The van der Waals surface area contributed by atoms with Crippen LogP contribution in [-0.4, -0.2) is 41.5 Å². The first-order valence-corrected chi connectivity index (χ1v) is 12.0. The number of aryl methyl sites for hydroxylation is 2. The molecule has 0 amide bonds. The molecule has 0 bridgehead atoms. The van der Waals surface area contributed by atoms with Crippen LogP contribution in [0.5, 0.6) is 17.2 Å². The molecule has 0 unspecified atom stereocenters. The number of thiophene rings is 1. The zero-order chi connectivity index (χ0) is 22.1. The number of rotatable bonds is 7. The number of aromatic nitrogens is 4. The Balaban J connectivity index is 1.40. The van der Waals surface area contributed by atoms with Crippen LogP contribution in [0.2, 0.25) is 0 Å². The van der Waals surface area contributed by atoms with E-state index < -0.39 is 0 Å². The van der Waals surface area contributed by atoms with Gasteiger partial charge in [-0.1, -0.05) is 11.8 Å². The first-order valence-electron chi connectivity index (χ1n) is 10.2. The Morgan fingerprint density at radius 2 is 1.78 bits per heavy atom. The predicted molar refractivity (Wildman–Crippen MR) is 123 cm³/mol. The van der Waals surface area contributed by atoms with E-state index in [4.69, 9.17) is 18.6 Å². The molecule has 1 aliphatic carbocycles. The second kappa shape index (κ2) is 8.95. The van der Waals surface area contributed by atoms with Gasteiger partial charge in [-0.25, -0.2) is 9.97 Å². The van der Waals surface area contributed by atoms with E-state index >= 15 is 0 Å². The molecule has 32 heavy (non-hydrogen) atoms. The van der Waals surface area contributed by atoms with Gasteiger partial charge in [-0.05, 0) is 43.4 Å². The van der Waals surface area contributed by atoms with Crippen LogP contribution < -0.4 is 14.2 Å². The molecule has 166 valence electrons. The largest absolute Gasteiger partial charge is 0.493 e. The molecule has 3 heterocycles. The van der Waals surface area contributed by atoms with Crippen molar-refractivity contribution in [2.75, 3.05) is 21.3 Å². The Bertz CT molecular complexity index is 1250. The third-order valence-corrected chi connectivity index (χ3v) is 7.60. The lowest BCUT2D eigenvalue weighted by molar-refractivity contribution is 0.324. The molecule has 5 rings (SSSR count). The molecule has 1 aliphatic rings. The molecule has 10 heteroatoms. The highest BCUT2D eigenvalue weighted by Gasteiger charge is 2.21. The summed E-state index contributed by atoms with van der Waals surface area (Å²) < 4.78 is 22.2. The van der Waals surface area contributed by atoms with Crippen molar-refractivity contribution in [1.82, 2.24) is 20.2 Å². The fourth-order valence-electron chi connectivity index (χ4n) is 3.93. The predicted octanol–water partition coefficient (Wildman–Crippen LogP) is 4.94. The van der Waals surface area contributed by atoms with Crippen LogP contribution in [0.25, 0.3) is 21.7 Å². The molecule has 1 aromatic carbocycles. The maximum Gasteiger partial charge on any atom is 0.248 e. The number of benzene rings is 1. The van der Waals surface area contributed by atoms with E-state index in [2.05, 4.69) is 20.2 Å². The Morgan fingerprint density at radius 3 is 2.53 bits per heavy atom. The van der Waals surface area contributed by atoms with Gasteiger partial charge in [0.25, 0.3) is 0 Å². The summed E-state index contributed by atoms with van der Waals surface area (Å²) in [7, 11) is 4.71. The Kier molecular flexibility index (Phi) is 5.88. The van der Waals surface area contributed by atoms with Gasteiger partial charge < -0.3 is 18.6 Å². The molecule has 0 atom stereocenters. The molecule has 0 radical (unpaired) electrons. The first-order chi connectivity index (χ1) is 15.7. The monoisotopic (exact) mass is 470 g/mol. The van der Waals surface area contributed by atoms with Gasteiger partial charge >= 0.3 is 0 Å². The normalized spacial score (nSPS) is 13.2. The Morgan fingerprint density at radius 1 is 1.00 bits per heavy atom. The standard InChI is InChI=1S/C22H22N4O4S2/c1-27-14-8-12(9-15(28-2)19(14)29-3)20-26-25-17(30-20)10-31-21-18-13-6-4-5-7-16(13)32-22(18)24-11-23-21/h8-9,11H,4-7,10H2,1-3H3. The van der Waals surface area contributed by atoms with Crippen LogP contribution in [0.4, 0.5) is 0 Å². The van der Waals surface area contributed by atoms with Crippen LogP contribution in [0.3, 0.4) is 0 Å². The van der Waals surface area contributed by atoms with Gasteiger partial charge in [0.05, 0.1) is 27.1 Å². The quantitative estimate of drug-likeness (QED) is 0.275. The second-order valence-electron chi connectivity index (χ2n) is 7.27. The lowest BCUT2D eigenvalue weighted by atomic mass is 9.97. The molecule has 0 saturated carbocycles. The summed E-state index contributed by atoms with van der Waals surface area (Å²) in [4.78, 5) is 11.6. The highest BCUT2D eigenvalue weighted by Crippen LogP contribution is 2.42. The maximum atomic E-state index is 5.93. The maximum absolute atomic E-state index is 5.93. The summed E-state index contributed by atoms with van der Waals surface area (Å²) in [6, 6.07) is 3.58. The first kappa shape index (κ1) is 21.0. The number of hydrogen-bond donors (Lipinski definition) is 0. The van der Waals surface area contributed by atoms with E-state index in [0.29, 0.717) is 40.3 Å². The van der Waals surface area contributed by atoms with E-state index in [1.54, 1.807) is 62.9 Å². The van der Waals surface area contributed by atoms with Gasteiger partial charge in [0.15, 0.2) is 11.5 Å². The minimum atomic E-state index is 0.389. The van der Waals surface area contributed by atoms with Crippen molar-refractivity contribution in [2.24, 2.45) is 0 Å². The second-order valence-corrected chi connectivity index (χ2v) is 9.32. The lowest BCUT2D eigenvalue weighted by Gasteiger charge is -2.12. The van der Waals surface area contributed by atoms with Gasteiger partial charge in [-0.15, -0.1) is 21.5 Å². The summed E-state index contributed by atoms with van der Waals surface area (Å²) in [6.45, 7) is 0. The van der Waals surface area contributed by atoms with E-state index in [9.17, 15) is 0 Å². The Labute approximate surface area is 193 Å². The Hall–Kier alpha value is -2.85. The molecule has 8 nitrogen and oxygen atoms in total. The number of thioether (sulfide) groups is 1. The topological polar surface area (TPSA) is 92.4 Å². The van der Waals surface area contributed by atoms with Crippen LogP contribution in [0, 0.1) is 0 Å². The lowest BCUT2D eigenvalue weighted by Crippen LogP contribution is -1.99. The molecule has 4 aromatic rings. The summed E-state index contributed by atoms with van der Waals surface area (Å²) >= 11 is 3.40. The van der Waals surface area contributed by atoms with E-state index in [1.807, 2.05) is 0 Å². The van der Waals surface area contributed by atoms with Crippen molar-refractivity contribution in [3.05, 3.63) is 34.8 Å². The molecule has 3 aromatic heterocycles. The molecule has 0 fully saturated rings. The molecule has 0 N–H and O–H groups in total. The summed E-state index contributed by atoms with van der Waals surface area (Å²) in [6.07, 6.45) is 6.35. The van der Waals surface area contributed by atoms with Gasteiger partial charge in [0.2, 0.25) is 17.5 Å². The fourth-order valence-corrected chi connectivity index (χ4v) is 6.09. The average molecular weight is 471 g/mol. The van der Waals surface area contributed by atoms with Crippen molar-refractivity contribution in [3.8, 4) is 28.7 Å². The van der Waals surface area contributed by atoms with Crippen LogP contribution in [-0.2, 0) is 18.6 Å². The van der Waals surface area contributed by atoms with Crippen molar-refractivity contribution in [3.63, 3.8) is 0 Å². The SMILES string of the molecule is COc1cc(-c2nnc(CSc3ncnc4sc5c(c34)CCCC5)o2)cc(OC)c1OC. The zero-order valence-electron chi connectivity index (χ0n) is 18.0. The fraction of sp³-hybridized carbons (Fsp3) is 0.364. The molecule has 0 aliphatic heterocycles. The van der Waals surface area contributed by atoms with E-state index in [0.717, 1.165) is 22.7 Å². The summed E-state index contributed by atoms with van der Waals surface area (Å²) in [5.74, 6) is 3.01.